The Bertz CT molecular complexity index is 2580. The van der Waals surface area contributed by atoms with Gasteiger partial charge in [0.2, 0.25) is 0 Å². The molecule has 0 bridgehead atoms. The molecule has 50 heavy (non-hydrogen) atoms. The molecular weight excluding hydrogens is 625 g/mol. The van der Waals surface area contributed by atoms with Gasteiger partial charge in [0.15, 0.2) is 13.8 Å². The van der Waals surface area contributed by atoms with Crippen LogP contribution in [0.5, 0.6) is 0 Å². The summed E-state index contributed by atoms with van der Waals surface area (Å²) in [6, 6.07) is 62.8. The lowest BCUT2D eigenvalue weighted by Gasteiger charge is -2.35. The summed E-state index contributed by atoms with van der Waals surface area (Å²) in [5, 5.41) is 28.0. The van der Waals surface area contributed by atoms with Crippen LogP contribution in [0, 0.1) is 29.2 Å². The summed E-state index contributed by atoms with van der Waals surface area (Å²) in [4.78, 5) is 3.70. The first-order chi connectivity index (χ1) is 24.7. The van der Waals surface area contributed by atoms with E-state index in [0.29, 0.717) is 22.4 Å². The molecule has 0 fully saturated rings. The van der Waals surface area contributed by atoms with Crippen LogP contribution in [0.2, 0.25) is 0 Å². The van der Waals surface area contributed by atoms with E-state index in [1.165, 1.54) is 15.6 Å². The topological polar surface area (TPSA) is 56.9 Å². The van der Waals surface area contributed by atoms with E-state index in [2.05, 4.69) is 119 Å². The maximum Gasteiger partial charge on any atom is 0.188 e. The average molecular weight is 653 g/mol. The normalized spacial score (nSPS) is 11.1. The van der Waals surface area contributed by atoms with Gasteiger partial charge in [-0.15, -0.1) is 0 Å². The quantitative estimate of drug-likeness (QED) is 0.104. The summed E-state index contributed by atoms with van der Waals surface area (Å²) in [6.07, 6.45) is 0. The van der Waals surface area contributed by atoms with Crippen molar-refractivity contribution in [1.29, 1.82) is 10.5 Å². The highest BCUT2D eigenvalue weighted by atomic mass is 28.3. The lowest BCUT2D eigenvalue weighted by Crippen LogP contribution is -2.74. The molecule has 1 heterocycles. The minimum Gasteiger partial charge on any atom is -0.309 e. The standard InChI is InChI=1S/C45H28N4Si/c1-48-33-25-26-45-41(28-33)39-22-12-14-24-44(39)49(45)43-23-13-11-21-38(43)40-29-37(27-32(30-46)42(40)31-47)50(34-15-5-2-6-16-34,35-17-7-3-8-18-35)36-19-9-4-10-20-36/h2-29H. The number of hydrogen-bond acceptors (Lipinski definition) is 2. The molecule has 4 nitrogen and oxygen atoms in total. The highest BCUT2D eigenvalue weighted by molar-refractivity contribution is 7.20. The molecule has 0 aliphatic rings. The zero-order valence-corrected chi connectivity index (χ0v) is 28.0. The van der Waals surface area contributed by atoms with Crippen molar-refractivity contribution in [2.24, 2.45) is 0 Å². The van der Waals surface area contributed by atoms with Crippen LogP contribution < -0.4 is 20.7 Å². The number of benzene rings is 7. The summed E-state index contributed by atoms with van der Waals surface area (Å²) in [7, 11) is -3.02. The molecule has 0 aliphatic carbocycles. The van der Waals surface area contributed by atoms with Crippen LogP contribution in [0.3, 0.4) is 0 Å². The lowest BCUT2D eigenvalue weighted by molar-refractivity contribution is 1.18. The molecule has 0 radical (unpaired) electrons. The Labute approximate surface area is 291 Å². The molecule has 0 spiro atoms. The molecule has 0 N–H and O–H groups in total. The van der Waals surface area contributed by atoms with Crippen LogP contribution in [-0.2, 0) is 0 Å². The molecular formula is C45H28N4Si. The van der Waals surface area contributed by atoms with Crippen LogP contribution in [0.1, 0.15) is 11.1 Å². The molecule has 5 heteroatoms. The highest BCUT2D eigenvalue weighted by Gasteiger charge is 2.42. The van der Waals surface area contributed by atoms with E-state index in [1.807, 2.05) is 72.8 Å². The number of nitriles is 2. The van der Waals surface area contributed by atoms with Crippen molar-refractivity contribution in [3.63, 3.8) is 0 Å². The molecule has 1 aromatic heterocycles. The molecule has 0 unspecified atom stereocenters. The average Bonchev–Trinajstić information content (AvgIpc) is 3.52. The van der Waals surface area contributed by atoms with Gasteiger partial charge in [0, 0.05) is 16.5 Å². The second-order valence-electron chi connectivity index (χ2n) is 12.2. The van der Waals surface area contributed by atoms with Gasteiger partial charge in [0.1, 0.15) is 12.1 Å². The van der Waals surface area contributed by atoms with Crippen molar-refractivity contribution in [2.75, 3.05) is 0 Å². The third kappa shape index (κ3) is 4.72. The summed E-state index contributed by atoms with van der Waals surface area (Å²) in [5.74, 6) is 0. The largest absolute Gasteiger partial charge is 0.309 e. The first-order valence-electron chi connectivity index (χ1n) is 16.3. The fraction of sp³-hybridized carbons (Fsp3) is 0. The molecule has 8 rings (SSSR count). The van der Waals surface area contributed by atoms with Crippen LogP contribution >= 0.6 is 0 Å². The number of fused-ring (bicyclic) bond motifs is 3. The highest BCUT2D eigenvalue weighted by Crippen LogP contribution is 2.38. The summed E-state index contributed by atoms with van der Waals surface area (Å²) >= 11 is 0. The van der Waals surface area contributed by atoms with E-state index in [1.54, 1.807) is 0 Å². The van der Waals surface area contributed by atoms with Gasteiger partial charge in [-0.2, -0.15) is 10.5 Å². The minimum absolute atomic E-state index is 0.344. The Morgan fingerprint density at radius 2 is 1.06 bits per heavy atom. The first-order valence-corrected chi connectivity index (χ1v) is 18.3. The Kier molecular flexibility index (Phi) is 7.63. The number of para-hydroxylation sites is 2. The van der Waals surface area contributed by atoms with Crippen molar-refractivity contribution in [3.8, 4) is 29.0 Å². The van der Waals surface area contributed by atoms with Crippen molar-refractivity contribution in [1.82, 2.24) is 4.57 Å². The van der Waals surface area contributed by atoms with E-state index in [4.69, 9.17) is 6.57 Å². The number of hydrogen-bond donors (Lipinski definition) is 0. The van der Waals surface area contributed by atoms with E-state index in [9.17, 15) is 10.5 Å². The SMILES string of the molecule is [C-]#[N+]c1ccc2c(c1)c1ccccc1n2-c1ccccc1-c1cc([Si](c2ccccc2)(c2ccccc2)c2ccccc2)cc(C#N)c1C#N. The maximum atomic E-state index is 10.7. The number of rotatable bonds is 6. The van der Waals surface area contributed by atoms with Gasteiger partial charge in [-0.25, -0.2) is 4.85 Å². The van der Waals surface area contributed by atoms with Gasteiger partial charge in [-0.3, -0.25) is 0 Å². The second-order valence-corrected chi connectivity index (χ2v) is 16.0. The molecule has 0 atom stereocenters. The Hall–Kier alpha value is -6.97. The van der Waals surface area contributed by atoms with Gasteiger partial charge in [0.25, 0.3) is 0 Å². The Balaban J connectivity index is 1.50. The smallest absolute Gasteiger partial charge is 0.188 e. The van der Waals surface area contributed by atoms with Crippen molar-refractivity contribution >= 4 is 56.3 Å². The number of nitrogens with zero attached hydrogens (tertiary/aromatic N) is 4. The molecule has 0 amide bonds. The second kappa shape index (κ2) is 12.6. The van der Waals surface area contributed by atoms with Crippen LogP contribution in [-0.4, -0.2) is 12.6 Å². The zero-order valence-electron chi connectivity index (χ0n) is 27.0. The van der Waals surface area contributed by atoms with Crippen molar-refractivity contribution in [3.05, 3.63) is 192 Å². The van der Waals surface area contributed by atoms with E-state index < -0.39 is 8.07 Å². The van der Waals surface area contributed by atoms with Crippen LogP contribution in [0.4, 0.5) is 5.69 Å². The summed E-state index contributed by atoms with van der Waals surface area (Å²) < 4.78 is 2.21. The predicted molar refractivity (Wildman–Crippen MR) is 206 cm³/mol. The van der Waals surface area contributed by atoms with E-state index in [0.717, 1.165) is 38.2 Å². The zero-order chi connectivity index (χ0) is 34.1. The number of aromatic nitrogens is 1. The molecule has 0 saturated heterocycles. The van der Waals surface area contributed by atoms with E-state index >= 15 is 0 Å². The minimum atomic E-state index is -3.02. The molecule has 7 aromatic carbocycles. The molecule has 8 aromatic rings. The van der Waals surface area contributed by atoms with Crippen LogP contribution in [0.15, 0.2) is 170 Å². The first kappa shape index (κ1) is 30.4. The van der Waals surface area contributed by atoms with Gasteiger partial charge in [-0.1, -0.05) is 140 Å². The fourth-order valence-corrected chi connectivity index (χ4v) is 12.3. The molecule has 0 aliphatic heterocycles. The van der Waals surface area contributed by atoms with Gasteiger partial charge in [0.05, 0.1) is 34.4 Å². The Morgan fingerprint density at radius 3 is 1.66 bits per heavy atom. The summed E-state index contributed by atoms with van der Waals surface area (Å²) in [6.45, 7) is 7.65. The monoisotopic (exact) mass is 652 g/mol. The van der Waals surface area contributed by atoms with Gasteiger partial charge < -0.3 is 4.57 Å². The predicted octanol–water partition coefficient (Wildman–Crippen LogP) is 8.12. The van der Waals surface area contributed by atoms with Gasteiger partial charge >= 0.3 is 0 Å². The van der Waals surface area contributed by atoms with Crippen molar-refractivity contribution < 1.29 is 0 Å². The van der Waals surface area contributed by atoms with Crippen LogP contribution in [0.25, 0.3) is 43.5 Å². The van der Waals surface area contributed by atoms with E-state index in [-0.39, 0.29) is 0 Å². The van der Waals surface area contributed by atoms with Crippen molar-refractivity contribution in [2.45, 2.75) is 0 Å². The fourth-order valence-electron chi connectivity index (χ4n) is 7.53. The molecule has 0 saturated carbocycles. The third-order valence-corrected chi connectivity index (χ3v) is 14.4. The van der Waals surface area contributed by atoms with Gasteiger partial charge in [-0.05, 0) is 56.5 Å². The third-order valence-electron chi connectivity index (χ3n) is 9.64. The lowest BCUT2D eigenvalue weighted by atomic mass is 9.95. The maximum absolute atomic E-state index is 10.7. The summed E-state index contributed by atoms with van der Waals surface area (Å²) in [5.41, 5.74) is 5.66. The molecule has 232 valence electrons. The Morgan fingerprint density at radius 1 is 0.500 bits per heavy atom.